The molecule has 0 radical (unpaired) electrons. The Morgan fingerprint density at radius 2 is 2.45 bits per heavy atom. The van der Waals surface area contributed by atoms with Crippen molar-refractivity contribution in [3.63, 3.8) is 0 Å². The van der Waals surface area contributed by atoms with Gasteiger partial charge in [-0.3, -0.25) is 19.9 Å². The van der Waals surface area contributed by atoms with E-state index in [2.05, 4.69) is 19.7 Å². The molecule has 0 spiro atoms. The molecule has 2 heterocycles. The minimum Gasteiger partial charge on any atom is -0.465 e. The Morgan fingerprint density at radius 3 is 3.14 bits per heavy atom. The molecule has 0 saturated carbocycles. The molecule has 0 aliphatic carbocycles. The lowest BCUT2D eigenvalue weighted by Crippen LogP contribution is -2.08. The molecule has 2 aromatic heterocycles. The molecular weight excluding hydrogens is 314 g/mol. The predicted molar refractivity (Wildman–Crippen MR) is 77.9 cm³/mol. The Labute approximate surface area is 128 Å². The van der Waals surface area contributed by atoms with Gasteiger partial charge < -0.3 is 14.5 Å². The summed E-state index contributed by atoms with van der Waals surface area (Å²) < 4.78 is 13.7. The van der Waals surface area contributed by atoms with Crippen LogP contribution in [0.25, 0.3) is 11.6 Å². The highest BCUT2D eigenvalue weighted by atomic mass is 32.1. The first-order valence-corrected chi connectivity index (χ1v) is 6.86. The van der Waals surface area contributed by atoms with E-state index in [4.69, 9.17) is 9.15 Å². The van der Waals surface area contributed by atoms with Crippen molar-refractivity contribution < 1.29 is 18.9 Å². The van der Waals surface area contributed by atoms with Crippen LogP contribution in [0.2, 0.25) is 0 Å². The number of carbonyl (C=O) groups is 1. The number of hydrogen-bond donors (Lipinski definition) is 1. The van der Waals surface area contributed by atoms with Crippen LogP contribution in [0, 0.1) is 10.1 Å². The minimum absolute atomic E-state index is 0.100. The number of hydrogen-bond acceptors (Lipinski definition) is 9. The number of nitrogens with zero attached hydrogens (tertiary/aromatic N) is 4. The lowest BCUT2D eigenvalue weighted by molar-refractivity contribution is -0.401. The summed E-state index contributed by atoms with van der Waals surface area (Å²) in [4.78, 5) is 28.8. The summed E-state index contributed by atoms with van der Waals surface area (Å²) in [7, 11) is 0. The van der Waals surface area contributed by atoms with E-state index in [0.29, 0.717) is 11.7 Å². The van der Waals surface area contributed by atoms with Gasteiger partial charge in [0.1, 0.15) is 11.5 Å². The smallest absolute Gasteiger partial charge is 0.433 e. The molecule has 0 fully saturated rings. The zero-order valence-electron chi connectivity index (χ0n) is 11.4. The molecule has 11 heteroatoms. The fourth-order valence-electron chi connectivity index (χ4n) is 1.36. The molecule has 0 aliphatic heterocycles. The van der Waals surface area contributed by atoms with Gasteiger partial charge in [-0.1, -0.05) is 0 Å². The van der Waals surface area contributed by atoms with Gasteiger partial charge in [-0.25, -0.2) is 0 Å². The first-order chi connectivity index (χ1) is 10.6. The highest BCUT2D eigenvalue weighted by molar-refractivity contribution is 7.10. The minimum atomic E-state index is -0.642. The van der Waals surface area contributed by atoms with Gasteiger partial charge in [0.25, 0.3) is 0 Å². The maximum Gasteiger partial charge on any atom is 0.433 e. The zero-order valence-corrected chi connectivity index (χ0v) is 12.2. The van der Waals surface area contributed by atoms with Gasteiger partial charge in [0.15, 0.2) is 5.76 Å². The van der Waals surface area contributed by atoms with Gasteiger partial charge in [-0.05, 0) is 13.0 Å². The molecule has 1 N–H and O–H groups in total. The number of aliphatic imine (C=N–C) groups is 1. The SMILES string of the molecule is CCOC(=O)CN=CNc1nc(-c2ccc([N+](=O)[O-])o2)ns1. The molecule has 0 saturated heterocycles. The second-order valence-corrected chi connectivity index (χ2v) is 4.49. The number of nitro groups is 1. The Hall–Kier alpha value is -2.82. The van der Waals surface area contributed by atoms with Gasteiger partial charge in [0.05, 0.1) is 19.0 Å². The molecular formula is C11H11N5O5S. The molecule has 10 nitrogen and oxygen atoms in total. The number of rotatable bonds is 7. The van der Waals surface area contributed by atoms with Crippen LogP contribution < -0.4 is 5.32 Å². The summed E-state index contributed by atoms with van der Waals surface area (Å²) in [6.45, 7) is 1.91. The fraction of sp³-hybridized carbons (Fsp3) is 0.273. The summed E-state index contributed by atoms with van der Waals surface area (Å²) in [5, 5.41) is 13.7. The van der Waals surface area contributed by atoms with Crippen molar-refractivity contribution in [3.05, 3.63) is 22.2 Å². The van der Waals surface area contributed by atoms with Crippen LogP contribution in [-0.4, -0.2) is 39.7 Å². The Balaban J connectivity index is 1.92. The standard InChI is InChI=1S/C11H11N5O5S/c1-2-20-9(17)5-12-6-13-11-14-10(15-22-11)7-3-4-8(21-7)16(18)19/h3-4,6H,2,5H2,1H3,(H,12,13,14,15). The Kier molecular flexibility index (Phi) is 5.14. The lowest BCUT2D eigenvalue weighted by Gasteiger charge is -1.96. The van der Waals surface area contributed by atoms with Crippen molar-refractivity contribution in [2.75, 3.05) is 18.5 Å². The summed E-state index contributed by atoms with van der Waals surface area (Å²) in [5.41, 5.74) is 0. The average Bonchev–Trinajstić information content (AvgIpc) is 3.12. The first kappa shape index (κ1) is 15.6. The lowest BCUT2D eigenvalue weighted by atomic mass is 10.4. The molecule has 0 unspecified atom stereocenters. The summed E-state index contributed by atoms with van der Waals surface area (Å²) in [5.74, 6) is -0.393. The van der Waals surface area contributed by atoms with Crippen LogP contribution in [0.4, 0.5) is 11.0 Å². The molecule has 0 amide bonds. The van der Waals surface area contributed by atoms with Crippen molar-refractivity contribution in [1.29, 1.82) is 0 Å². The van der Waals surface area contributed by atoms with Crippen LogP contribution in [0.1, 0.15) is 6.92 Å². The summed E-state index contributed by atoms with van der Waals surface area (Å²) in [6, 6.07) is 2.64. The number of anilines is 1. The van der Waals surface area contributed by atoms with Gasteiger partial charge in [0.2, 0.25) is 11.0 Å². The highest BCUT2D eigenvalue weighted by Crippen LogP contribution is 2.26. The number of esters is 1. The summed E-state index contributed by atoms with van der Waals surface area (Å²) in [6.07, 6.45) is 1.30. The second-order valence-electron chi connectivity index (χ2n) is 3.74. The van der Waals surface area contributed by atoms with Crippen molar-refractivity contribution >= 4 is 34.9 Å². The van der Waals surface area contributed by atoms with Crippen LogP contribution in [0.5, 0.6) is 0 Å². The van der Waals surface area contributed by atoms with E-state index >= 15 is 0 Å². The average molecular weight is 325 g/mol. The van der Waals surface area contributed by atoms with Gasteiger partial charge in [0, 0.05) is 11.5 Å². The highest BCUT2D eigenvalue weighted by Gasteiger charge is 2.16. The first-order valence-electron chi connectivity index (χ1n) is 6.09. The third-order valence-corrected chi connectivity index (χ3v) is 2.87. The third-order valence-electron chi connectivity index (χ3n) is 2.22. The topological polar surface area (TPSA) is 133 Å². The van der Waals surface area contributed by atoms with Gasteiger partial charge in [-0.15, -0.1) is 0 Å². The quantitative estimate of drug-likeness (QED) is 0.267. The van der Waals surface area contributed by atoms with Crippen LogP contribution >= 0.6 is 11.5 Å². The van der Waals surface area contributed by atoms with Crippen molar-refractivity contribution in [3.8, 4) is 11.6 Å². The predicted octanol–water partition coefficient (Wildman–Crippen LogP) is 1.71. The Morgan fingerprint density at radius 1 is 1.64 bits per heavy atom. The summed E-state index contributed by atoms with van der Waals surface area (Å²) >= 11 is 1.02. The normalized spacial score (nSPS) is 10.8. The number of ether oxygens (including phenoxy) is 1. The maximum absolute atomic E-state index is 11.0. The van der Waals surface area contributed by atoms with E-state index in [1.807, 2.05) is 0 Å². The monoisotopic (exact) mass is 325 g/mol. The molecule has 0 aliphatic rings. The van der Waals surface area contributed by atoms with Crippen molar-refractivity contribution in [2.45, 2.75) is 6.92 Å². The number of nitrogens with one attached hydrogen (secondary N) is 1. The molecule has 0 bridgehead atoms. The second kappa shape index (κ2) is 7.26. The maximum atomic E-state index is 11.0. The van der Waals surface area contributed by atoms with E-state index < -0.39 is 10.9 Å². The number of furan rings is 1. The van der Waals surface area contributed by atoms with Crippen LogP contribution in [-0.2, 0) is 9.53 Å². The molecule has 2 aromatic rings. The van der Waals surface area contributed by atoms with Gasteiger partial charge >= 0.3 is 11.9 Å². The van der Waals surface area contributed by atoms with E-state index in [1.165, 1.54) is 18.5 Å². The largest absolute Gasteiger partial charge is 0.465 e. The van der Waals surface area contributed by atoms with Crippen LogP contribution in [0.15, 0.2) is 21.5 Å². The van der Waals surface area contributed by atoms with Crippen LogP contribution in [0.3, 0.4) is 0 Å². The van der Waals surface area contributed by atoms with Crippen molar-refractivity contribution in [1.82, 2.24) is 9.36 Å². The van der Waals surface area contributed by atoms with E-state index in [0.717, 1.165) is 11.5 Å². The Bertz CT molecular complexity index is 695. The third kappa shape index (κ3) is 4.09. The molecule has 22 heavy (non-hydrogen) atoms. The molecule has 116 valence electrons. The van der Waals surface area contributed by atoms with E-state index in [1.54, 1.807) is 6.92 Å². The van der Waals surface area contributed by atoms with Crippen molar-refractivity contribution in [2.24, 2.45) is 4.99 Å². The van der Waals surface area contributed by atoms with E-state index in [9.17, 15) is 14.9 Å². The molecule has 2 rings (SSSR count). The van der Waals surface area contributed by atoms with Gasteiger partial charge in [-0.2, -0.15) is 9.36 Å². The zero-order chi connectivity index (χ0) is 15.9. The van der Waals surface area contributed by atoms with E-state index in [-0.39, 0.29) is 24.0 Å². The molecule has 0 atom stereocenters. The molecule has 0 aromatic carbocycles. The fourth-order valence-corrected chi connectivity index (χ4v) is 1.89. The number of carbonyl (C=O) groups excluding carboxylic acids is 1. The number of aromatic nitrogens is 2.